The summed E-state index contributed by atoms with van der Waals surface area (Å²) in [5, 5.41) is 0.385. The number of aromatic amines is 1. The zero-order chi connectivity index (χ0) is 23.1. The first-order valence-corrected chi connectivity index (χ1v) is 11.5. The molecule has 0 aromatic carbocycles. The van der Waals surface area contributed by atoms with E-state index in [1.54, 1.807) is 6.92 Å². The van der Waals surface area contributed by atoms with Crippen LogP contribution < -0.4 is 5.56 Å². The molecular formula is C22H32N4O4S. The molecule has 2 aromatic rings. The third-order valence-electron chi connectivity index (χ3n) is 4.83. The smallest absolute Gasteiger partial charge is 0.338 e. The fourth-order valence-corrected chi connectivity index (χ4v) is 3.75. The standard InChI is InChI=1S/C22H32N4O4S/c1-13(2)7-9-26(10-8-14(3)4)17(27)12-31-22-24-19-18(20(28)25-22)16(21(29)30-6)11-15(5)23-19/h11,13-14H,7-10,12H2,1-6H3,(H,23,24,25,28). The highest BCUT2D eigenvalue weighted by atomic mass is 32.2. The van der Waals surface area contributed by atoms with Crippen LogP contribution in [0.25, 0.3) is 11.0 Å². The molecule has 0 atom stereocenters. The summed E-state index contributed by atoms with van der Waals surface area (Å²) in [6.45, 7) is 11.7. The second kappa shape index (κ2) is 11.3. The van der Waals surface area contributed by atoms with Crippen molar-refractivity contribution >= 4 is 34.7 Å². The monoisotopic (exact) mass is 448 g/mol. The van der Waals surface area contributed by atoms with E-state index in [1.807, 2.05) is 4.90 Å². The van der Waals surface area contributed by atoms with Gasteiger partial charge in [0.25, 0.3) is 5.56 Å². The highest BCUT2D eigenvalue weighted by Crippen LogP contribution is 2.19. The van der Waals surface area contributed by atoms with Crippen molar-refractivity contribution in [3.8, 4) is 0 Å². The van der Waals surface area contributed by atoms with Crippen molar-refractivity contribution in [2.45, 2.75) is 52.6 Å². The van der Waals surface area contributed by atoms with Crippen molar-refractivity contribution < 1.29 is 14.3 Å². The number of amides is 1. The van der Waals surface area contributed by atoms with Crippen LogP contribution in [-0.2, 0) is 9.53 Å². The quantitative estimate of drug-likeness (QED) is 0.337. The third kappa shape index (κ3) is 7.05. The molecular weight excluding hydrogens is 416 g/mol. The molecule has 0 unspecified atom stereocenters. The molecule has 1 N–H and O–H groups in total. The molecule has 2 rings (SSSR count). The molecule has 0 spiro atoms. The Kier molecular flexibility index (Phi) is 9.03. The first-order chi connectivity index (χ1) is 14.6. The maximum atomic E-state index is 12.8. The third-order valence-corrected chi connectivity index (χ3v) is 5.68. The molecule has 8 nitrogen and oxygen atoms in total. The first-order valence-electron chi connectivity index (χ1n) is 10.5. The average molecular weight is 449 g/mol. The van der Waals surface area contributed by atoms with Crippen molar-refractivity contribution in [3.63, 3.8) is 0 Å². The fraction of sp³-hybridized carbons (Fsp3) is 0.591. The molecule has 31 heavy (non-hydrogen) atoms. The van der Waals surface area contributed by atoms with Crippen LogP contribution >= 0.6 is 11.8 Å². The molecule has 2 aromatic heterocycles. The second-order valence-electron chi connectivity index (χ2n) is 8.41. The molecule has 0 aliphatic rings. The minimum Gasteiger partial charge on any atom is -0.465 e. The zero-order valence-corrected chi connectivity index (χ0v) is 20.0. The van der Waals surface area contributed by atoms with Gasteiger partial charge in [0.15, 0.2) is 10.8 Å². The Hall–Kier alpha value is -2.42. The lowest BCUT2D eigenvalue weighted by molar-refractivity contribution is -0.128. The summed E-state index contributed by atoms with van der Waals surface area (Å²) in [5.74, 6) is 0.587. The lowest BCUT2D eigenvalue weighted by Crippen LogP contribution is -2.35. The van der Waals surface area contributed by atoms with Crippen molar-refractivity contribution in [3.05, 3.63) is 27.7 Å². The topological polar surface area (TPSA) is 105 Å². The Balaban J connectivity index is 2.21. The van der Waals surface area contributed by atoms with Crippen LogP contribution in [0.3, 0.4) is 0 Å². The summed E-state index contributed by atoms with van der Waals surface area (Å²) in [7, 11) is 1.26. The summed E-state index contributed by atoms with van der Waals surface area (Å²) in [6, 6.07) is 1.50. The number of thioether (sulfide) groups is 1. The number of rotatable bonds is 10. The van der Waals surface area contributed by atoms with Gasteiger partial charge in [0.1, 0.15) is 0 Å². The van der Waals surface area contributed by atoms with Gasteiger partial charge in [0.05, 0.1) is 23.8 Å². The number of pyridine rings is 1. The number of methoxy groups -OCH3 is 1. The Labute approximate surface area is 187 Å². The van der Waals surface area contributed by atoms with E-state index < -0.39 is 11.5 Å². The van der Waals surface area contributed by atoms with Crippen LogP contribution in [0.1, 0.15) is 56.6 Å². The number of aromatic nitrogens is 3. The Bertz CT molecular complexity index is 975. The minimum absolute atomic E-state index is 0.0153. The van der Waals surface area contributed by atoms with Gasteiger partial charge in [-0.05, 0) is 37.7 Å². The van der Waals surface area contributed by atoms with Gasteiger partial charge in [0.2, 0.25) is 5.91 Å². The number of ether oxygens (including phenoxy) is 1. The molecule has 0 radical (unpaired) electrons. The molecule has 0 bridgehead atoms. The van der Waals surface area contributed by atoms with Gasteiger partial charge in [-0.1, -0.05) is 39.5 Å². The Morgan fingerprint density at radius 3 is 2.29 bits per heavy atom. The van der Waals surface area contributed by atoms with Crippen molar-refractivity contribution in [1.29, 1.82) is 0 Å². The van der Waals surface area contributed by atoms with Crippen LogP contribution in [0, 0.1) is 18.8 Å². The number of carbonyl (C=O) groups is 2. The molecule has 0 aliphatic carbocycles. The highest BCUT2D eigenvalue weighted by Gasteiger charge is 2.19. The molecule has 0 fully saturated rings. The van der Waals surface area contributed by atoms with Gasteiger partial charge in [-0.2, -0.15) is 0 Å². The minimum atomic E-state index is -0.621. The van der Waals surface area contributed by atoms with Crippen LogP contribution in [0.15, 0.2) is 16.0 Å². The van der Waals surface area contributed by atoms with E-state index in [0.717, 1.165) is 12.8 Å². The largest absolute Gasteiger partial charge is 0.465 e. The molecule has 0 saturated heterocycles. The summed E-state index contributed by atoms with van der Waals surface area (Å²) in [5.41, 5.74) is 0.353. The molecule has 0 aliphatic heterocycles. The average Bonchev–Trinajstić information content (AvgIpc) is 2.70. The highest BCUT2D eigenvalue weighted by molar-refractivity contribution is 7.99. The van der Waals surface area contributed by atoms with E-state index in [0.29, 0.717) is 35.8 Å². The summed E-state index contributed by atoms with van der Waals surface area (Å²) in [6.07, 6.45) is 1.89. The number of H-pyrrole nitrogens is 1. The van der Waals surface area contributed by atoms with Crippen LogP contribution in [-0.4, -0.2) is 57.7 Å². The van der Waals surface area contributed by atoms with Crippen molar-refractivity contribution in [2.24, 2.45) is 11.8 Å². The number of fused-ring (bicyclic) bond motifs is 1. The van der Waals surface area contributed by atoms with Gasteiger partial charge in [0, 0.05) is 18.8 Å². The maximum Gasteiger partial charge on any atom is 0.338 e. The van der Waals surface area contributed by atoms with E-state index in [2.05, 4.69) is 42.6 Å². The lowest BCUT2D eigenvalue weighted by Gasteiger charge is -2.24. The van der Waals surface area contributed by atoms with E-state index in [4.69, 9.17) is 4.74 Å². The number of hydrogen-bond acceptors (Lipinski definition) is 7. The van der Waals surface area contributed by atoms with E-state index in [1.165, 1.54) is 24.9 Å². The Morgan fingerprint density at radius 1 is 1.13 bits per heavy atom. The fourth-order valence-electron chi connectivity index (χ4n) is 3.00. The summed E-state index contributed by atoms with van der Waals surface area (Å²) >= 11 is 1.17. The Morgan fingerprint density at radius 2 is 1.74 bits per heavy atom. The number of nitrogens with zero attached hydrogens (tertiary/aromatic N) is 3. The summed E-state index contributed by atoms with van der Waals surface area (Å²) < 4.78 is 4.77. The van der Waals surface area contributed by atoms with Crippen molar-refractivity contribution in [1.82, 2.24) is 19.9 Å². The molecule has 1 amide bonds. The zero-order valence-electron chi connectivity index (χ0n) is 19.2. The summed E-state index contributed by atoms with van der Waals surface area (Å²) in [4.78, 5) is 50.7. The molecule has 0 saturated carbocycles. The van der Waals surface area contributed by atoms with E-state index >= 15 is 0 Å². The van der Waals surface area contributed by atoms with Crippen LogP contribution in [0.5, 0.6) is 0 Å². The van der Waals surface area contributed by atoms with Crippen LogP contribution in [0.2, 0.25) is 0 Å². The maximum absolute atomic E-state index is 12.8. The normalized spacial score (nSPS) is 11.4. The van der Waals surface area contributed by atoms with Crippen molar-refractivity contribution in [2.75, 3.05) is 26.0 Å². The number of aryl methyl sites for hydroxylation is 1. The predicted octanol–water partition coefficient (Wildman–Crippen LogP) is 3.43. The van der Waals surface area contributed by atoms with Gasteiger partial charge >= 0.3 is 5.97 Å². The van der Waals surface area contributed by atoms with Gasteiger partial charge in [-0.25, -0.2) is 14.8 Å². The molecule has 170 valence electrons. The van der Waals surface area contributed by atoms with E-state index in [9.17, 15) is 14.4 Å². The van der Waals surface area contributed by atoms with Gasteiger partial charge < -0.3 is 14.6 Å². The van der Waals surface area contributed by atoms with Gasteiger partial charge in [-0.15, -0.1) is 0 Å². The second-order valence-corrected chi connectivity index (χ2v) is 9.37. The molecule has 9 heteroatoms. The SMILES string of the molecule is COC(=O)c1cc(C)nc2nc(SCC(=O)N(CCC(C)C)CCC(C)C)[nH]c(=O)c12. The predicted molar refractivity (Wildman–Crippen MR) is 122 cm³/mol. The first kappa shape index (κ1) is 24.8. The molecule has 2 heterocycles. The van der Waals surface area contributed by atoms with Crippen LogP contribution in [0.4, 0.5) is 0 Å². The number of esters is 1. The van der Waals surface area contributed by atoms with E-state index in [-0.39, 0.29) is 28.3 Å². The number of carbonyl (C=O) groups excluding carboxylic acids is 2. The lowest BCUT2D eigenvalue weighted by atomic mass is 10.1. The van der Waals surface area contributed by atoms with Gasteiger partial charge in [-0.3, -0.25) is 9.59 Å². The number of hydrogen-bond donors (Lipinski definition) is 1. The number of nitrogens with one attached hydrogen (secondary N) is 1.